The van der Waals surface area contributed by atoms with E-state index in [1.807, 2.05) is 61.5 Å². The van der Waals surface area contributed by atoms with Gasteiger partial charge in [-0.1, -0.05) is 60.7 Å². The van der Waals surface area contributed by atoms with Gasteiger partial charge in [0.25, 0.3) is 0 Å². The van der Waals surface area contributed by atoms with Gasteiger partial charge in [0.1, 0.15) is 5.92 Å². The maximum absolute atomic E-state index is 11.0. The minimum absolute atomic E-state index is 0.108. The number of anilines is 1. The Morgan fingerprint density at radius 2 is 1.68 bits per heavy atom. The van der Waals surface area contributed by atoms with Gasteiger partial charge < -0.3 is 5.73 Å². The Labute approximate surface area is 147 Å². The molecule has 1 unspecified atom stereocenters. The zero-order valence-electron chi connectivity index (χ0n) is 14.2. The van der Waals surface area contributed by atoms with Crippen LogP contribution in [0.3, 0.4) is 0 Å². The van der Waals surface area contributed by atoms with Crippen molar-refractivity contribution in [2.24, 2.45) is 0 Å². The van der Waals surface area contributed by atoms with Crippen molar-refractivity contribution in [1.29, 1.82) is 5.26 Å². The predicted molar refractivity (Wildman–Crippen MR) is 98.7 cm³/mol. The van der Waals surface area contributed by atoms with Crippen LogP contribution in [0.1, 0.15) is 24.1 Å². The summed E-state index contributed by atoms with van der Waals surface area (Å²) < 4.78 is 0. The van der Waals surface area contributed by atoms with Gasteiger partial charge >= 0.3 is 0 Å². The van der Waals surface area contributed by atoms with Crippen LogP contribution in [-0.4, -0.2) is 16.0 Å². The maximum Gasteiger partial charge on any atom is 0.153 e. The van der Waals surface area contributed by atoms with Gasteiger partial charge in [-0.15, -0.1) is 0 Å². The Morgan fingerprint density at radius 3 is 2.12 bits per heavy atom. The summed E-state index contributed by atoms with van der Waals surface area (Å²) in [4.78, 5) is 11.0. The van der Waals surface area contributed by atoms with Gasteiger partial charge in [0, 0.05) is 11.3 Å². The molecule has 5 heteroatoms. The number of rotatable bonds is 3. The van der Waals surface area contributed by atoms with Gasteiger partial charge in [0.15, 0.2) is 11.6 Å². The first-order chi connectivity index (χ1) is 12.0. The van der Waals surface area contributed by atoms with E-state index in [-0.39, 0.29) is 5.78 Å². The zero-order chi connectivity index (χ0) is 18.2. The van der Waals surface area contributed by atoms with E-state index in [0.29, 0.717) is 5.82 Å². The summed E-state index contributed by atoms with van der Waals surface area (Å²) in [6.07, 6.45) is 0. The molecule has 1 heterocycles. The van der Waals surface area contributed by atoms with E-state index in [9.17, 15) is 4.79 Å². The van der Waals surface area contributed by atoms with Gasteiger partial charge in [0.2, 0.25) is 0 Å². The number of hydrogen-bond acceptors (Lipinski definition) is 4. The number of Topliss-reactive ketones (excluding diaryl/α,β-unsaturated/α-hetero) is 1. The Morgan fingerprint density at radius 1 is 1.12 bits per heavy atom. The van der Waals surface area contributed by atoms with Crippen molar-refractivity contribution in [3.63, 3.8) is 0 Å². The lowest BCUT2D eigenvalue weighted by atomic mass is 9.97. The third-order valence-corrected chi connectivity index (χ3v) is 3.71. The highest BCUT2D eigenvalue weighted by molar-refractivity contribution is 5.86. The third kappa shape index (κ3) is 4.55. The average molecular weight is 332 g/mol. The highest BCUT2D eigenvalue weighted by Crippen LogP contribution is 2.26. The molecule has 0 amide bonds. The number of aryl methyl sites for hydroxylation is 1. The lowest BCUT2D eigenvalue weighted by Gasteiger charge is -2.03. The average Bonchev–Trinajstić information content (AvgIpc) is 2.96. The highest BCUT2D eigenvalue weighted by Gasteiger charge is 2.14. The van der Waals surface area contributed by atoms with Crippen LogP contribution >= 0.6 is 0 Å². The number of carbonyl (C=O) groups excluding carboxylic acids is 1. The van der Waals surface area contributed by atoms with E-state index in [0.717, 1.165) is 22.4 Å². The Kier molecular flexibility index (Phi) is 6.08. The van der Waals surface area contributed by atoms with Crippen LogP contribution in [0.25, 0.3) is 11.1 Å². The highest BCUT2D eigenvalue weighted by atomic mass is 16.1. The number of carbonyl (C=O) groups is 1. The molecule has 0 aliphatic rings. The normalized spacial score (nSPS) is 10.9. The minimum Gasteiger partial charge on any atom is -0.382 e. The minimum atomic E-state index is -0.605. The molecule has 0 radical (unpaired) electrons. The molecule has 0 fully saturated rings. The number of benzene rings is 2. The van der Waals surface area contributed by atoms with E-state index in [4.69, 9.17) is 11.0 Å². The maximum atomic E-state index is 11.0. The summed E-state index contributed by atoms with van der Waals surface area (Å²) in [5, 5.41) is 15.5. The number of aromatic nitrogens is 2. The molecule has 3 rings (SSSR count). The Balaban J connectivity index is 0.000000181. The number of ketones is 1. The second kappa shape index (κ2) is 8.46. The summed E-state index contributed by atoms with van der Waals surface area (Å²) in [7, 11) is 0. The number of nitriles is 1. The van der Waals surface area contributed by atoms with Crippen molar-refractivity contribution < 1.29 is 4.79 Å². The summed E-state index contributed by atoms with van der Waals surface area (Å²) in [6.45, 7) is 3.40. The second-order valence-corrected chi connectivity index (χ2v) is 5.56. The Hall–Kier alpha value is -3.39. The number of nitrogens with one attached hydrogen (secondary N) is 1. The van der Waals surface area contributed by atoms with Crippen LogP contribution in [-0.2, 0) is 4.79 Å². The van der Waals surface area contributed by atoms with Gasteiger partial charge in [0.05, 0.1) is 6.07 Å². The lowest BCUT2D eigenvalue weighted by Crippen LogP contribution is -2.05. The quantitative estimate of drug-likeness (QED) is 0.761. The number of nitrogen functional groups attached to an aromatic ring is 1. The SMILES string of the molecule is CC(=O)C(C#N)c1ccccc1.Cc1[nH]nc(N)c1-c1ccccc1. The zero-order valence-corrected chi connectivity index (χ0v) is 14.2. The van der Waals surface area contributed by atoms with Gasteiger partial charge in [-0.25, -0.2) is 0 Å². The molecular formula is C20H20N4O. The monoisotopic (exact) mass is 332 g/mol. The predicted octanol–water partition coefficient (Wildman–Crippen LogP) is 3.85. The summed E-state index contributed by atoms with van der Waals surface area (Å²) in [5.41, 5.74) is 9.61. The van der Waals surface area contributed by atoms with Crippen LogP contribution < -0.4 is 5.73 Å². The third-order valence-electron chi connectivity index (χ3n) is 3.71. The van der Waals surface area contributed by atoms with Crippen molar-refractivity contribution in [1.82, 2.24) is 10.2 Å². The molecule has 0 aliphatic heterocycles. The first kappa shape index (κ1) is 18.0. The summed E-state index contributed by atoms with van der Waals surface area (Å²) in [5.74, 6) is -0.154. The van der Waals surface area contributed by atoms with Crippen LogP contribution in [0.4, 0.5) is 5.82 Å². The fraction of sp³-hybridized carbons (Fsp3) is 0.150. The van der Waals surface area contributed by atoms with Crippen molar-refractivity contribution >= 4 is 11.6 Å². The molecule has 2 aromatic carbocycles. The van der Waals surface area contributed by atoms with Crippen LogP contribution in [0.5, 0.6) is 0 Å². The Bertz CT molecular complexity index is 844. The van der Waals surface area contributed by atoms with E-state index in [2.05, 4.69) is 10.2 Å². The largest absolute Gasteiger partial charge is 0.382 e. The molecule has 25 heavy (non-hydrogen) atoms. The van der Waals surface area contributed by atoms with Crippen molar-refractivity contribution in [3.05, 3.63) is 71.9 Å². The number of H-pyrrole nitrogens is 1. The second-order valence-electron chi connectivity index (χ2n) is 5.56. The smallest absolute Gasteiger partial charge is 0.153 e. The molecule has 1 atom stereocenters. The van der Waals surface area contributed by atoms with Crippen LogP contribution in [0, 0.1) is 18.3 Å². The molecule has 0 saturated carbocycles. The first-order valence-electron chi connectivity index (χ1n) is 7.85. The van der Waals surface area contributed by atoms with E-state index in [1.54, 1.807) is 12.1 Å². The number of nitrogens with zero attached hydrogens (tertiary/aromatic N) is 2. The number of hydrogen-bond donors (Lipinski definition) is 2. The number of aromatic amines is 1. The number of nitrogens with two attached hydrogens (primary N) is 1. The molecule has 0 saturated heterocycles. The molecule has 0 spiro atoms. The molecule has 126 valence electrons. The van der Waals surface area contributed by atoms with E-state index >= 15 is 0 Å². The molecule has 3 aromatic rings. The van der Waals surface area contributed by atoms with Crippen molar-refractivity contribution in [3.8, 4) is 17.2 Å². The van der Waals surface area contributed by atoms with Crippen molar-refractivity contribution in [2.45, 2.75) is 19.8 Å². The molecule has 3 N–H and O–H groups in total. The van der Waals surface area contributed by atoms with Crippen LogP contribution in [0.15, 0.2) is 60.7 Å². The molecular weight excluding hydrogens is 312 g/mol. The van der Waals surface area contributed by atoms with E-state index < -0.39 is 5.92 Å². The molecule has 1 aromatic heterocycles. The molecule has 5 nitrogen and oxygen atoms in total. The van der Waals surface area contributed by atoms with Gasteiger partial charge in [-0.2, -0.15) is 10.4 Å². The molecule has 0 bridgehead atoms. The summed E-state index contributed by atoms with van der Waals surface area (Å²) in [6, 6.07) is 21.0. The van der Waals surface area contributed by atoms with Gasteiger partial charge in [-0.3, -0.25) is 9.89 Å². The van der Waals surface area contributed by atoms with Gasteiger partial charge in [-0.05, 0) is 25.0 Å². The fourth-order valence-corrected chi connectivity index (χ4v) is 2.46. The van der Waals surface area contributed by atoms with Crippen molar-refractivity contribution in [2.75, 3.05) is 5.73 Å². The van der Waals surface area contributed by atoms with E-state index in [1.165, 1.54) is 6.92 Å². The standard InChI is InChI=1S/C10H11N3.C10H9NO/c1-7-9(10(11)13-12-7)8-5-3-2-4-6-8;1-8(12)10(7-11)9-5-3-2-4-6-9/h2-6H,1H3,(H3,11,12,13);2-6,10H,1H3. The topological polar surface area (TPSA) is 95.6 Å². The lowest BCUT2D eigenvalue weighted by molar-refractivity contribution is -0.117. The van der Waals surface area contributed by atoms with Crippen LogP contribution in [0.2, 0.25) is 0 Å². The summed E-state index contributed by atoms with van der Waals surface area (Å²) >= 11 is 0. The first-order valence-corrected chi connectivity index (χ1v) is 7.85. The fourth-order valence-electron chi connectivity index (χ4n) is 2.46. The molecule has 0 aliphatic carbocycles.